The lowest BCUT2D eigenvalue weighted by Crippen LogP contribution is -2.28. The van der Waals surface area contributed by atoms with E-state index in [4.69, 9.17) is 0 Å². The van der Waals surface area contributed by atoms with Crippen molar-refractivity contribution < 1.29 is 0 Å². The number of anilines is 3. The molecule has 0 bridgehead atoms. The molecule has 0 N–H and O–H groups in total. The number of hydrogen-bond acceptors (Lipinski definition) is 1. The zero-order valence-electron chi connectivity index (χ0n) is 33.1. The quantitative estimate of drug-likeness (QED) is 0.149. The summed E-state index contributed by atoms with van der Waals surface area (Å²) in [6, 6.07) is 91.2. The summed E-state index contributed by atoms with van der Waals surface area (Å²) in [5.74, 6) is 0. The maximum absolute atomic E-state index is 2.51. The minimum absolute atomic E-state index is 0.526. The van der Waals surface area contributed by atoms with Crippen molar-refractivity contribution in [3.63, 3.8) is 0 Å². The minimum atomic E-state index is -0.526. The van der Waals surface area contributed by atoms with E-state index < -0.39 is 5.41 Å². The van der Waals surface area contributed by atoms with Crippen LogP contribution in [0.3, 0.4) is 0 Å². The Labute approximate surface area is 352 Å². The van der Waals surface area contributed by atoms with Crippen LogP contribution in [-0.2, 0) is 5.41 Å². The van der Waals surface area contributed by atoms with Crippen molar-refractivity contribution in [3.05, 3.63) is 271 Å². The maximum Gasteiger partial charge on any atom is 0.0714 e. The highest BCUT2D eigenvalue weighted by atomic mass is 15.1. The number of nitrogens with zero attached hydrogens (tertiary/aromatic N) is 1. The van der Waals surface area contributed by atoms with Gasteiger partial charge in [-0.3, -0.25) is 0 Å². The van der Waals surface area contributed by atoms with Crippen molar-refractivity contribution in [2.24, 2.45) is 0 Å². The normalized spacial score (nSPS) is 12.5. The van der Waals surface area contributed by atoms with Gasteiger partial charge in [-0.1, -0.05) is 212 Å². The van der Waals surface area contributed by atoms with Gasteiger partial charge >= 0.3 is 0 Å². The van der Waals surface area contributed by atoms with E-state index in [1.807, 2.05) is 0 Å². The molecule has 0 spiro atoms. The van der Waals surface area contributed by atoms with Crippen molar-refractivity contribution in [3.8, 4) is 44.5 Å². The average Bonchev–Trinajstić information content (AvgIpc) is 3.64. The monoisotopic (exact) mass is 763 g/mol. The summed E-state index contributed by atoms with van der Waals surface area (Å²) in [5.41, 5.74) is 17.4. The van der Waals surface area contributed by atoms with Gasteiger partial charge in [0.05, 0.1) is 11.1 Å². The zero-order valence-corrected chi connectivity index (χ0v) is 33.1. The summed E-state index contributed by atoms with van der Waals surface area (Å²) >= 11 is 0. The van der Waals surface area contributed by atoms with Gasteiger partial charge in [0.25, 0.3) is 0 Å². The molecule has 11 rings (SSSR count). The fraction of sp³-hybridized carbons (Fsp3) is 0.0169. The second-order valence-corrected chi connectivity index (χ2v) is 15.6. The molecule has 0 radical (unpaired) electrons. The van der Waals surface area contributed by atoms with Crippen LogP contribution in [0, 0.1) is 0 Å². The van der Waals surface area contributed by atoms with E-state index in [0.29, 0.717) is 0 Å². The van der Waals surface area contributed by atoms with Gasteiger partial charge in [0.2, 0.25) is 0 Å². The molecule has 0 atom stereocenters. The average molecular weight is 764 g/mol. The van der Waals surface area contributed by atoms with Gasteiger partial charge in [-0.05, 0) is 108 Å². The van der Waals surface area contributed by atoms with Crippen molar-refractivity contribution in [1.29, 1.82) is 0 Å². The van der Waals surface area contributed by atoms with Gasteiger partial charge in [0.15, 0.2) is 0 Å². The van der Waals surface area contributed by atoms with E-state index in [0.717, 1.165) is 28.2 Å². The second-order valence-electron chi connectivity index (χ2n) is 15.6. The smallest absolute Gasteiger partial charge is 0.0714 e. The minimum Gasteiger partial charge on any atom is -0.310 e. The standard InChI is InChI=1S/C59H41N/c1-5-20-42(21-6-1)46-38-47(43-22-7-2-8-23-43)41-51(40-46)60(50-31-17-26-45(39-50)53-34-18-25-44-24-13-14-32-52(44)53)57-37-19-36-56-58(57)54-33-15-16-35-55(54)59(56,48-27-9-3-10-28-48)49-29-11-4-12-30-49/h1-41H. The molecule has 0 aliphatic heterocycles. The number of fused-ring (bicyclic) bond motifs is 4. The zero-order chi connectivity index (χ0) is 39.9. The van der Waals surface area contributed by atoms with E-state index in [9.17, 15) is 0 Å². The fourth-order valence-corrected chi connectivity index (χ4v) is 9.71. The highest BCUT2D eigenvalue weighted by Crippen LogP contribution is 2.59. The Morgan fingerprint density at radius 3 is 1.47 bits per heavy atom. The maximum atomic E-state index is 2.51. The first-order valence-corrected chi connectivity index (χ1v) is 20.8. The molecule has 0 unspecified atom stereocenters. The molecule has 1 nitrogen and oxygen atoms in total. The summed E-state index contributed by atoms with van der Waals surface area (Å²) in [6.07, 6.45) is 0. The summed E-state index contributed by atoms with van der Waals surface area (Å²) in [6.45, 7) is 0. The molecule has 60 heavy (non-hydrogen) atoms. The van der Waals surface area contributed by atoms with Crippen LogP contribution in [0.25, 0.3) is 55.3 Å². The molecule has 1 aliphatic carbocycles. The van der Waals surface area contributed by atoms with Crippen molar-refractivity contribution in [2.45, 2.75) is 5.41 Å². The van der Waals surface area contributed by atoms with E-state index in [1.165, 1.54) is 66.4 Å². The van der Waals surface area contributed by atoms with Crippen molar-refractivity contribution >= 4 is 27.8 Å². The molecular weight excluding hydrogens is 723 g/mol. The van der Waals surface area contributed by atoms with Crippen LogP contribution in [0.5, 0.6) is 0 Å². The molecule has 282 valence electrons. The van der Waals surface area contributed by atoms with Crippen LogP contribution < -0.4 is 4.90 Å². The first-order valence-electron chi connectivity index (χ1n) is 20.8. The first-order chi connectivity index (χ1) is 29.8. The Kier molecular flexibility index (Phi) is 8.79. The lowest BCUT2D eigenvalue weighted by molar-refractivity contribution is 0.768. The Balaban J connectivity index is 1.23. The highest BCUT2D eigenvalue weighted by molar-refractivity contribution is 6.00. The lowest BCUT2D eigenvalue weighted by Gasteiger charge is -2.34. The summed E-state index contributed by atoms with van der Waals surface area (Å²) in [4.78, 5) is 2.51. The topological polar surface area (TPSA) is 3.24 Å². The van der Waals surface area contributed by atoms with Crippen molar-refractivity contribution in [1.82, 2.24) is 0 Å². The summed E-state index contributed by atoms with van der Waals surface area (Å²) < 4.78 is 0. The van der Waals surface area contributed by atoms with Gasteiger partial charge < -0.3 is 4.90 Å². The fourth-order valence-electron chi connectivity index (χ4n) is 9.71. The SMILES string of the molecule is c1ccc(-c2cc(-c3ccccc3)cc(N(c3cccc(-c4cccc5ccccc45)c3)c3cccc4c3-c3ccccc3C4(c3ccccc3)c3ccccc3)c2)cc1. The predicted molar refractivity (Wildman–Crippen MR) is 252 cm³/mol. The van der Waals surface area contributed by atoms with Gasteiger partial charge in [0, 0.05) is 16.9 Å². The Morgan fingerprint density at radius 2 is 0.783 bits per heavy atom. The van der Waals surface area contributed by atoms with Crippen LogP contribution in [0.1, 0.15) is 22.3 Å². The van der Waals surface area contributed by atoms with Crippen LogP contribution >= 0.6 is 0 Å². The Hall–Kier alpha value is -7.74. The lowest BCUT2D eigenvalue weighted by atomic mass is 9.68. The largest absolute Gasteiger partial charge is 0.310 e. The van der Waals surface area contributed by atoms with Crippen LogP contribution in [0.4, 0.5) is 17.1 Å². The molecule has 0 fully saturated rings. The van der Waals surface area contributed by atoms with Gasteiger partial charge in [-0.2, -0.15) is 0 Å². The van der Waals surface area contributed by atoms with Crippen LogP contribution in [-0.4, -0.2) is 0 Å². The Bertz CT molecular complexity index is 3030. The van der Waals surface area contributed by atoms with E-state index >= 15 is 0 Å². The van der Waals surface area contributed by atoms with Gasteiger partial charge in [0.1, 0.15) is 0 Å². The summed E-state index contributed by atoms with van der Waals surface area (Å²) in [7, 11) is 0. The third kappa shape index (κ3) is 5.86. The highest BCUT2D eigenvalue weighted by Gasteiger charge is 2.47. The predicted octanol–water partition coefficient (Wildman–Crippen LogP) is 15.7. The molecule has 0 aromatic heterocycles. The van der Waals surface area contributed by atoms with Crippen LogP contribution in [0.15, 0.2) is 249 Å². The molecule has 1 heteroatoms. The molecule has 0 amide bonds. The number of rotatable bonds is 8. The summed E-state index contributed by atoms with van der Waals surface area (Å²) in [5, 5.41) is 2.47. The van der Waals surface area contributed by atoms with Crippen LogP contribution in [0.2, 0.25) is 0 Å². The van der Waals surface area contributed by atoms with Gasteiger partial charge in [-0.15, -0.1) is 0 Å². The molecule has 0 saturated heterocycles. The van der Waals surface area contributed by atoms with Gasteiger partial charge in [-0.25, -0.2) is 0 Å². The first kappa shape index (κ1) is 35.4. The molecule has 0 saturated carbocycles. The van der Waals surface area contributed by atoms with E-state index in [-0.39, 0.29) is 0 Å². The molecule has 10 aromatic rings. The third-order valence-electron chi connectivity index (χ3n) is 12.3. The van der Waals surface area contributed by atoms with E-state index in [2.05, 4.69) is 254 Å². The van der Waals surface area contributed by atoms with E-state index in [1.54, 1.807) is 0 Å². The third-order valence-corrected chi connectivity index (χ3v) is 12.3. The molecular formula is C59H41N. The molecule has 0 heterocycles. The number of hydrogen-bond donors (Lipinski definition) is 0. The molecule has 1 aliphatic rings. The Morgan fingerprint density at radius 1 is 0.300 bits per heavy atom. The number of benzene rings is 10. The van der Waals surface area contributed by atoms with Crippen molar-refractivity contribution in [2.75, 3.05) is 4.90 Å². The molecule has 10 aromatic carbocycles. The second kappa shape index (κ2) is 14.9.